The molecule has 33 heavy (non-hydrogen) atoms. The van der Waals surface area contributed by atoms with Gasteiger partial charge in [0.25, 0.3) is 11.8 Å². The molecule has 3 amide bonds. The Labute approximate surface area is 194 Å². The average molecular weight is 470 g/mol. The van der Waals surface area contributed by atoms with Crippen LogP contribution in [0.25, 0.3) is 0 Å². The number of nitrogens with two attached hydrogens (primary N) is 2. The molecular formula is C23H24FN5O3S. The molecule has 3 aromatic rings. The summed E-state index contributed by atoms with van der Waals surface area (Å²) in [5, 5.41) is 2.85. The molecule has 1 unspecified atom stereocenters. The van der Waals surface area contributed by atoms with E-state index in [1.54, 1.807) is 0 Å². The van der Waals surface area contributed by atoms with Crippen molar-refractivity contribution in [3.63, 3.8) is 0 Å². The number of benzene rings is 2. The van der Waals surface area contributed by atoms with Gasteiger partial charge in [0, 0.05) is 12.2 Å². The van der Waals surface area contributed by atoms with Gasteiger partial charge in [-0.25, -0.2) is 4.39 Å². The smallest absolute Gasteiger partial charge is 0.272 e. The predicted molar refractivity (Wildman–Crippen MR) is 125 cm³/mol. The van der Waals surface area contributed by atoms with Crippen LogP contribution in [-0.4, -0.2) is 28.1 Å². The average Bonchev–Trinajstić information content (AvgIpc) is 3.19. The molecule has 0 bridgehead atoms. The van der Waals surface area contributed by atoms with Crippen LogP contribution in [0.3, 0.4) is 0 Å². The molecule has 0 fully saturated rings. The van der Waals surface area contributed by atoms with Gasteiger partial charge in [-0.3, -0.25) is 19.3 Å². The van der Waals surface area contributed by atoms with Crippen molar-refractivity contribution in [2.45, 2.75) is 32.4 Å². The van der Waals surface area contributed by atoms with Gasteiger partial charge in [-0.2, -0.15) is 4.37 Å². The first-order valence-corrected chi connectivity index (χ1v) is 11.1. The minimum absolute atomic E-state index is 0.0509. The molecule has 0 spiro atoms. The number of nitrogen functional groups attached to an aromatic ring is 1. The quantitative estimate of drug-likeness (QED) is 0.443. The van der Waals surface area contributed by atoms with Crippen LogP contribution in [0.5, 0.6) is 0 Å². The lowest BCUT2D eigenvalue weighted by Gasteiger charge is -2.31. The van der Waals surface area contributed by atoms with Crippen molar-refractivity contribution < 1.29 is 18.8 Å². The number of rotatable bonds is 9. The Morgan fingerprint density at radius 2 is 1.88 bits per heavy atom. The fourth-order valence-corrected chi connectivity index (χ4v) is 4.10. The normalized spacial score (nSPS) is 11.6. The number of carbonyl (C=O) groups is 3. The summed E-state index contributed by atoms with van der Waals surface area (Å²) in [7, 11) is 0. The van der Waals surface area contributed by atoms with Crippen LogP contribution in [0.1, 0.15) is 45.5 Å². The highest BCUT2D eigenvalue weighted by Gasteiger charge is 2.34. The number of anilines is 2. The van der Waals surface area contributed by atoms with Gasteiger partial charge in [-0.05, 0) is 41.7 Å². The van der Waals surface area contributed by atoms with E-state index in [-0.39, 0.29) is 28.5 Å². The van der Waals surface area contributed by atoms with Crippen LogP contribution >= 0.6 is 11.5 Å². The highest BCUT2D eigenvalue weighted by molar-refractivity contribution is 7.09. The summed E-state index contributed by atoms with van der Waals surface area (Å²) in [4.78, 5) is 39.5. The second-order valence-electron chi connectivity index (χ2n) is 7.30. The maximum atomic E-state index is 14.1. The standard InChI is InChI=1S/C23H24FN5O3S/c1-2-7-17(22(31)27-13-14-8-4-3-5-9-14)29(16-11-6-10-15(24)12-16)23(32)20-18(25)19(21(26)30)28-33-20/h3-6,8-12,17H,2,7,13,25H2,1H3,(H2,26,30)(H,27,31). The molecular weight excluding hydrogens is 445 g/mol. The molecule has 172 valence electrons. The molecule has 0 saturated carbocycles. The van der Waals surface area contributed by atoms with Gasteiger partial charge in [0.15, 0.2) is 5.69 Å². The molecule has 0 saturated heterocycles. The molecule has 3 rings (SSSR count). The summed E-state index contributed by atoms with van der Waals surface area (Å²) >= 11 is 0.705. The zero-order chi connectivity index (χ0) is 24.0. The van der Waals surface area contributed by atoms with Crippen molar-refractivity contribution in [3.8, 4) is 0 Å². The zero-order valence-corrected chi connectivity index (χ0v) is 18.8. The maximum absolute atomic E-state index is 14.1. The van der Waals surface area contributed by atoms with Gasteiger partial charge in [0.2, 0.25) is 5.91 Å². The molecule has 1 heterocycles. The predicted octanol–water partition coefficient (Wildman–Crippen LogP) is 3.10. The SMILES string of the molecule is CCCC(C(=O)NCc1ccccc1)N(C(=O)c1snc(C(N)=O)c1N)c1cccc(F)c1. The molecule has 5 N–H and O–H groups in total. The lowest BCUT2D eigenvalue weighted by molar-refractivity contribution is -0.122. The number of amides is 3. The van der Waals surface area contributed by atoms with Crippen LogP contribution in [0.2, 0.25) is 0 Å². The van der Waals surface area contributed by atoms with E-state index in [2.05, 4.69) is 9.69 Å². The topological polar surface area (TPSA) is 131 Å². The van der Waals surface area contributed by atoms with Crippen molar-refractivity contribution in [2.75, 3.05) is 10.6 Å². The number of primary amides is 1. The first-order chi connectivity index (χ1) is 15.8. The highest BCUT2D eigenvalue weighted by Crippen LogP contribution is 2.29. The maximum Gasteiger partial charge on any atom is 0.272 e. The van der Waals surface area contributed by atoms with E-state index < -0.39 is 29.6 Å². The van der Waals surface area contributed by atoms with Gasteiger partial charge in [-0.1, -0.05) is 49.7 Å². The van der Waals surface area contributed by atoms with Crippen LogP contribution in [0.4, 0.5) is 15.8 Å². The summed E-state index contributed by atoms with van der Waals surface area (Å²) in [6.45, 7) is 2.14. The summed E-state index contributed by atoms with van der Waals surface area (Å²) in [6.07, 6.45) is 0.886. The molecule has 2 aromatic carbocycles. The lowest BCUT2D eigenvalue weighted by atomic mass is 10.1. The lowest BCUT2D eigenvalue weighted by Crippen LogP contribution is -2.50. The van der Waals surface area contributed by atoms with E-state index in [0.717, 1.165) is 11.6 Å². The molecule has 8 nitrogen and oxygen atoms in total. The second-order valence-corrected chi connectivity index (χ2v) is 8.07. The Hall–Kier alpha value is -3.79. The number of hydrogen-bond donors (Lipinski definition) is 3. The first kappa shape index (κ1) is 23.9. The van der Waals surface area contributed by atoms with Crippen LogP contribution in [0.15, 0.2) is 54.6 Å². The van der Waals surface area contributed by atoms with E-state index in [1.165, 1.54) is 23.1 Å². The van der Waals surface area contributed by atoms with Crippen molar-refractivity contribution >= 4 is 40.6 Å². The summed E-state index contributed by atoms with van der Waals surface area (Å²) in [6, 6.07) is 13.7. The van der Waals surface area contributed by atoms with Gasteiger partial charge in [0.05, 0.1) is 5.69 Å². The van der Waals surface area contributed by atoms with Crippen LogP contribution in [0, 0.1) is 5.82 Å². The molecule has 0 aliphatic carbocycles. The first-order valence-electron chi connectivity index (χ1n) is 10.3. The minimum atomic E-state index is -0.952. The van der Waals surface area contributed by atoms with Crippen molar-refractivity contribution in [1.29, 1.82) is 0 Å². The molecule has 1 atom stereocenters. The second kappa shape index (κ2) is 10.7. The van der Waals surface area contributed by atoms with Crippen LogP contribution in [-0.2, 0) is 11.3 Å². The van der Waals surface area contributed by atoms with E-state index in [9.17, 15) is 18.8 Å². The minimum Gasteiger partial charge on any atom is -0.395 e. The van der Waals surface area contributed by atoms with E-state index in [0.29, 0.717) is 24.4 Å². The van der Waals surface area contributed by atoms with Crippen LogP contribution < -0.4 is 21.7 Å². The molecule has 0 aliphatic heterocycles. The van der Waals surface area contributed by atoms with Gasteiger partial charge in [-0.15, -0.1) is 0 Å². The zero-order valence-electron chi connectivity index (χ0n) is 18.0. The third-order valence-electron chi connectivity index (χ3n) is 4.95. The third-order valence-corrected chi connectivity index (χ3v) is 5.80. The van der Waals surface area contributed by atoms with Crippen molar-refractivity contribution in [2.24, 2.45) is 5.73 Å². The number of halogens is 1. The van der Waals surface area contributed by atoms with Crippen molar-refractivity contribution in [1.82, 2.24) is 9.69 Å². The van der Waals surface area contributed by atoms with E-state index >= 15 is 0 Å². The number of aromatic nitrogens is 1. The van der Waals surface area contributed by atoms with Crippen molar-refractivity contribution in [3.05, 3.63) is 76.5 Å². The van der Waals surface area contributed by atoms with E-state index in [4.69, 9.17) is 11.5 Å². The Morgan fingerprint density at radius 1 is 1.15 bits per heavy atom. The molecule has 0 radical (unpaired) electrons. The third kappa shape index (κ3) is 5.53. The molecule has 10 heteroatoms. The molecule has 0 aliphatic rings. The summed E-state index contributed by atoms with van der Waals surface area (Å²) < 4.78 is 17.9. The Balaban J connectivity index is 1.99. The fourth-order valence-electron chi connectivity index (χ4n) is 3.36. The highest BCUT2D eigenvalue weighted by atomic mass is 32.1. The number of nitrogens with one attached hydrogen (secondary N) is 1. The Morgan fingerprint density at radius 3 is 2.48 bits per heavy atom. The Bertz CT molecular complexity index is 1150. The number of hydrogen-bond acceptors (Lipinski definition) is 6. The summed E-state index contributed by atoms with van der Waals surface area (Å²) in [5.74, 6) is -2.51. The monoisotopic (exact) mass is 469 g/mol. The van der Waals surface area contributed by atoms with E-state index in [1.807, 2.05) is 37.3 Å². The fraction of sp³-hybridized carbons (Fsp3) is 0.217. The van der Waals surface area contributed by atoms with Gasteiger partial charge >= 0.3 is 0 Å². The summed E-state index contributed by atoms with van der Waals surface area (Å²) in [5.41, 5.74) is 11.9. The number of nitrogens with zero attached hydrogens (tertiary/aromatic N) is 2. The largest absolute Gasteiger partial charge is 0.395 e. The number of carbonyl (C=O) groups excluding carboxylic acids is 3. The van der Waals surface area contributed by atoms with Gasteiger partial charge < -0.3 is 16.8 Å². The Kier molecular flexibility index (Phi) is 7.73. The molecule has 1 aromatic heterocycles. The van der Waals surface area contributed by atoms with Gasteiger partial charge in [0.1, 0.15) is 16.7 Å².